The summed E-state index contributed by atoms with van der Waals surface area (Å²) in [5, 5.41) is 10.6. The second-order valence-electron chi connectivity index (χ2n) is 5.15. The number of nitro groups is 1. The van der Waals surface area contributed by atoms with Gasteiger partial charge in [0.15, 0.2) is 11.9 Å². The van der Waals surface area contributed by atoms with E-state index in [1.165, 1.54) is 44.6 Å². The number of methoxy groups -OCH3 is 2. The minimum atomic E-state index is -1.03. The minimum Gasteiger partial charge on any atom is -0.463 e. The molecule has 0 radical (unpaired) electrons. The number of hydrogen-bond donors (Lipinski definition) is 0. The smallest absolute Gasteiger partial charge is 0.373 e. The number of non-ortho nitro benzene ring substituents is 1. The highest BCUT2D eigenvalue weighted by Gasteiger charge is 2.35. The Balaban J connectivity index is 1.99. The maximum Gasteiger partial charge on any atom is 0.373 e. The molecule has 10 nitrogen and oxygen atoms in total. The number of rotatable bonds is 7. The van der Waals surface area contributed by atoms with Crippen LogP contribution in [0.4, 0.5) is 5.69 Å². The molecule has 1 aliphatic rings. The van der Waals surface area contributed by atoms with E-state index < -0.39 is 35.0 Å². The summed E-state index contributed by atoms with van der Waals surface area (Å²) in [6.07, 6.45) is 1.05. The molecule has 0 amide bonds. The summed E-state index contributed by atoms with van der Waals surface area (Å²) in [5.74, 6) is -2.32. The molecule has 2 atom stereocenters. The third kappa shape index (κ3) is 4.98. The number of esters is 2. The Morgan fingerprint density at radius 1 is 1.15 bits per heavy atom. The van der Waals surface area contributed by atoms with E-state index in [2.05, 4.69) is 4.74 Å². The van der Waals surface area contributed by atoms with Crippen LogP contribution in [-0.2, 0) is 28.5 Å². The van der Waals surface area contributed by atoms with Crippen LogP contribution in [-0.4, -0.2) is 49.3 Å². The number of benzene rings is 1. The van der Waals surface area contributed by atoms with E-state index in [4.69, 9.17) is 14.2 Å². The molecule has 0 aliphatic carbocycles. The Kier molecular flexibility index (Phi) is 6.39. The lowest BCUT2D eigenvalue weighted by Crippen LogP contribution is -2.28. The fourth-order valence-electron chi connectivity index (χ4n) is 2.11. The molecule has 0 saturated carbocycles. The maximum atomic E-state index is 12.0. The molecular formula is C17H15NO9. The Morgan fingerprint density at radius 2 is 1.81 bits per heavy atom. The summed E-state index contributed by atoms with van der Waals surface area (Å²) in [6, 6.07) is 4.90. The monoisotopic (exact) mass is 377 g/mol. The number of nitro benzene ring substituents is 1. The van der Waals surface area contributed by atoms with Crippen molar-refractivity contribution in [2.24, 2.45) is 0 Å². The second-order valence-corrected chi connectivity index (χ2v) is 5.15. The first kappa shape index (κ1) is 19.8. The Morgan fingerprint density at radius 3 is 2.37 bits per heavy atom. The molecule has 0 N–H and O–H groups in total. The van der Waals surface area contributed by atoms with Gasteiger partial charge in [-0.15, -0.1) is 0 Å². The molecule has 1 aromatic carbocycles. The zero-order valence-electron chi connectivity index (χ0n) is 14.3. The van der Waals surface area contributed by atoms with Crippen molar-refractivity contribution < 1.29 is 38.3 Å². The molecule has 0 aromatic heterocycles. The van der Waals surface area contributed by atoms with Crippen molar-refractivity contribution in [3.05, 3.63) is 63.9 Å². The first-order chi connectivity index (χ1) is 12.8. The summed E-state index contributed by atoms with van der Waals surface area (Å²) in [7, 11) is 2.47. The molecule has 27 heavy (non-hydrogen) atoms. The number of allylic oxidation sites excluding steroid dienone is 1. The van der Waals surface area contributed by atoms with Crippen LogP contribution in [0.5, 0.6) is 0 Å². The number of ketones is 1. The van der Waals surface area contributed by atoms with Gasteiger partial charge in [-0.2, -0.15) is 0 Å². The van der Waals surface area contributed by atoms with Crippen LogP contribution >= 0.6 is 0 Å². The molecular weight excluding hydrogens is 362 g/mol. The van der Waals surface area contributed by atoms with Crippen LogP contribution in [0.1, 0.15) is 10.4 Å². The Labute approximate surface area is 153 Å². The Bertz CT molecular complexity index is 810. The predicted octanol–water partition coefficient (Wildman–Crippen LogP) is 1.31. The molecule has 1 aliphatic heterocycles. The third-order valence-corrected chi connectivity index (χ3v) is 3.43. The summed E-state index contributed by atoms with van der Waals surface area (Å²) in [5.41, 5.74) is 0.00599. The average Bonchev–Trinajstić information content (AvgIpc) is 3.08. The first-order valence-corrected chi connectivity index (χ1v) is 7.52. The number of carbonyl (C=O) groups excluding carboxylic acids is 3. The van der Waals surface area contributed by atoms with Crippen molar-refractivity contribution in [3.63, 3.8) is 0 Å². The molecule has 0 fully saturated rings. The van der Waals surface area contributed by atoms with E-state index in [0.717, 1.165) is 12.2 Å². The lowest BCUT2D eigenvalue weighted by molar-refractivity contribution is -0.384. The Hall–Kier alpha value is -3.53. The van der Waals surface area contributed by atoms with Gasteiger partial charge in [0.2, 0.25) is 12.0 Å². The highest BCUT2D eigenvalue weighted by atomic mass is 16.7. The highest BCUT2D eigenvalue weighted by Crippen LogP contribution is 2.22. The molecule has 0 unspecified atom stereocenters. The molecule has 0 saturated heterocycles. The van der Waals surface area contributed by atoms with Gasteiger partial charge in [0.25, 0.3) is 5.69 Å². The van der Waals surface area contributed by atoms with Gasteiger partial charge in [-0.25, -0.2) is 9.59 Å². The van der Waals surface area contributed by atoms with Gasteiger partial charge in [-0.3, -0.25) is 14.9 Å². The number of ether oxygens (including phenoxy) is 4. The topological polar surface area (TPSA) is 131 Å². The summed E-state index contributed by atoms with van der Waals surface area (Å²) >= 11 is 0. The summed E-state index contributed by atoms with van der Waals surface area (Å²) in [4.78, 5) is 45.3. The van der Waals surface area contributed by atoms with Gasteiger partial charge in [-0.1, -0.05) is 0 Å². The van der Waals surface area contributed by atoms with Crippen LogP contribution < -0.4 is 0 Å². The number of nitrogens with zero attached hydrogens (tertiary/aromatic N) is 1. The van der Waals surface area contributed by atoms with E-state index in [1.807, 2.05) is 0 Å². The van der Waals surface area contributed by atoms with E-state index in [1.54, 1.807) is 0 Å². The lowest BCUT2D eigenvalue weighted by atomic mass is 10.1. The van der Waals surface area contributed by atoms with Crippen LogP contribution in [0.2, 0.25) is 0 Å². The quantitative estimate of drug-likeness (QED) is 0.227. The van der Waals surface area contributed by atoms with Crippen molar-refractivity contribution in [1.82, 2.24) is 0 Å². The van der Waals surface area contributed by atoms with Gasteiger partial charge >= 0.3 is 11.9 Å². The van der Waals surface area contributed by atoms with Crippen LogP contribution in [0.3, 0.4) is 0 Å². The van der Waals surface area contributed by atoms with Gasteiger partial charge in [0, 0.05) is 37.0 Å². The average molecular weight is 377 g/mol. The predicted molar refractivity (Wildman–Crippen MR) is 88.4 cm³/mol. The zero-order chi connectivity index (χ0) is 20.0. The third-order valence-electron chi connectivity index (χ3n) is 3.43. The lowest BCUT2D eigenvalue weighted by Gasteiger charge is -2.16. The van der Waals surface area contributed by atoms with Crippen molar-refractivity contribution in [2.45, 2.75) is 12.4 Å². The van der Waals surface area contributed by atoms with Crippen molar-refractivity contribution in [3.8, 4) is 0 Å². The number of carbonyl (C=O) groups is 3. The maximum absolute atomic E-state index is 12.0. The van der Waals surface area contributed by atoms with Gasteiger partial charge < -0.3 is 18.9 Å². The normalized spacial score (nSPS) is 18.5. The largest absolute Gasteiger partial charge is 0.463 e. The molecule has 1 heterocycles. The van der Waals surface area contributed by atoms with E-state index in [-0.39, 0.29) is 17.0 Å². The molecule has 2 rings (SSSR count). The van der Waals surface area contributed by atoms with E-state index in [9.17, 15) is 24.5 Å². The fraction of sp³-hybridized carbons (Fsp3) is 0.235. The SMILES string of the molecule is COC(=O)C1=C[C@@H](OC(=O)/C=C/C(=O)c2ccc([N+](=O)[O-])cc2)[C@H](OC)O1. The van der Waals surface area contributed by atoms with Gasteiger partial charge in [0.1, 0.15) is 0 Å². The molecule has 10 heteroatoms. The van der Waals surface area contributed by atoms with Gasteiger partial charge in [0.05, 0.1) is 12.0 Å². The van der Waals surface area contributed by atoms with Crippen molar-refractivity contribution >= 4 is 23.4 Å². The molecule has 0 bridgehead atoms. The second kappa shape index (κ2) is 8.72. The van der Waals surface area contributed by atoms with Crippen molar-refractivity contribution in [2.75, 3.05) is 14.2 Å². The summed E-state index contributed by atoms with van der Waals surface area (Å²) in [6.45, 7) is 0. The molecule has 0 spiro atoms. The standard InChI is InChI=1S/C17H15NO9/c1-24-16(21)13-9-14(17(25-2)27-13)26-15(20)8-7-12(19)10-3-5-11(6-4-10)18(22)23/h3-9,14,17H,1-2H3/b8-7+/t14-,17-/m1/s1. The first-order valence-electron chi connectivity index (χ1n) is 7.52. The van der Waals surface area contributed by atoms with Crippen LogP contribution in [0.25, 0.3) is 0 Å². The van der Waals surface area contributed by atoms with Gasteiger partial charge in [-0.05, 0) is 18.2 Å². The van der Waals surface area contributed by atoms with E-state index in [0.29, 0.717) is 0 Å². The van der Waals surface area contributed by atoms with E-state index >= 15 is 0 Å². The number of hydrogen-bond acceptors (Lipinski definition) is 9. The zero-order valence-corrected chi connectivity index (χ0v) is 14.3. The fourth-order valence-corrected chi connectivity index (χ4v) is 2.11. The summed E-state index contributed by atoms with van der Waals surface area (Å²) < 4.78 is 19.7. The minimum absolute atomic E-state index is 0.157. The van der Waals surface area contributed by atoms with Crippen LogP contribution in [0, 0.1) is 10.1 Å². The van der Waals surface area contributed by atoms with Crippen LogP contribution in [0.15, 0.2) is 48.3 Å². The molecule has 1 aromatic rings. The molecule has 142 valence electrons. The van der Waals surface area contributed by atoms with Crippen molar-refractivity contribution in [1.29, 1.82) is 0 Å². The highest BCUT2D eigenvalue weighted by molar-refractivity contribution is 6.07.